The molecule has 4 rings (SSSR count). The number of carbonyl (C=O) groups excluding carboxylic acids is 1. The zero-order valence-corrected chi connectivity index (χ0v) is 15.5. The standard InChI is InChI=1S/C19H19N5O2S/c25-18(15-3-1-2-4-17(15)24-7-9-26-10-8-24)22-11-14-13-27-19(23-14)16-12-20-5-6-21-16/h1-6,12-13H,7-11H2,(H,22,25). The molecule has 3 heterocycles. The molecule has 0 aliphatic carbocycles. The minimum Gasteiger partial charge on any atom is -0.378 e. The van der Waals surface area contributed by atoms with Gasteiger partial charge in [0.2, 0.25) is 0 Å². The van der Waals surface area contributed by atoms with Crippen molar-refractivity contribution in [3.63, 3.8) is 0 Å². The first-order valence-corrected chi connectivity index (χ1v) is 9.60. The predicted molar refractivity (Wildman–Crippen MR) is 104 cm³/mol. The van der Waals surface area contributed by atoms with Gasteiger partial charge in [-0.25, -0.2) is 4.98 Å². The van der Waals surface area contributed by atoms with E-state index in [-0.39, 0.29) is 5.91 Å². The lowest BCUT2D eigenvalue weighted by Crippen LogP contribution is -2.37. The number of para-hydroxylation sites is 1. The summed E-state index contributed by atoms with van der Waals surface area (Å²) in [5.74, 6) is -0.105. The molecule has 0 radical (unpaired) electrons. The van der Waals surface area contributed by atoms with Crippen molar-refractivity contribution in [2.75, 3.05) is 31.2 Å². The zero-order valence-electron chi connectivity index (χ0n) is 14.7. The van der Waals surface area contributed by atoms with Crippen molar-refractivity contribution < 1.29 is 9.53 Å². The van der Waals surface area contributed by atoms with Crippen LogP contribution in [0.2, 0.25) is 0 Å². The molecule has 1 aromatic carbocycles. The minimum atomic E-state index is -0.105. The number of rotatable bonds is 5. The van der Waals surface area contributed by atoms with Crippen LogP contribution in [-0.2, 0) is 11.3 Å². The van der Waals surface area contributed by atoms with Crippen LogP contribution in [0.5, 0.6) is 0 Å². The smallest absolute Gasteiger partial charge is 0.253 e. The Labute approximate surface area is 161 Å². The maximum Gasteiger partial charge on any atom is 0.253 e. The van der Waals surface area contributed by atoms with Gasteiger partial charge in [0.25, 0.3) is 5.91 Å². The number of carbonyl (C=O) groups is 1. The third kappa shape index (κ3) is 4.12. The van der Waals surface area contributed by atoms with Gasteiger partial charge in [-0.1, -0.05) is 12.1 Å². The van der Waals surface area contributed by atoms with E-state index in [0.29, 0.717) is 25.3 Å². The lowest BCUT2D eigenvalue weighted by atomic mass is 10.1. The Kier molecular flexibility index (Phi) is 5.36. The molecule has 27 heavy (non-hydrogen) atoms. The average molecular weight is 381 g/mol. The molecule has 1 aliphatic heterocycles. The molecule has 1 N–H and O–H groups in total. The monoisotopic (exact) mass is 381 g/mol. The van der Waals surface area contributed by atoms with Crippen molar-refractivity contribution in [3.8, 4) is 10.7 Å². The summed E-state index contributed by atoms with van der Waals surface area (Å²) in [6.07, 6.45) is 4.95. The van der Waals surface area contributed by atoms with Gasteiger partial charge in [-0.05, 0) is 12.1 Å². The fraction of sp³-hybridized carbons (Fsp3) is 0.263. The Morgan fingerprint density at radius 1 is 1.22 bits per heavy atom. The number of ether oxygens (including phenoxy) is 1. The molecule has 1 aliphatic rings. The molecule has 8 heteroatoms. The molecule has 7 nitrogen and oxygen atoms in total. The molecular formula is C19H19N5O2S. The molecule has 2 aromatic heterocycles. The topological polar surface area (TPSA) is 80.2 Å². The average Bonchev–Trinajstić information content (AvgIpc) is 3.22. The van der Waals surface area contributed by atoms with Gasteiger partial charge in [-0.3, -0.25) is 14.8 Å². The highest BCUT2D eigenvalue weighted by atomic mass is 32.1. The Hall–Kier alpha value is -2.84. The number of thiazole rings is 1. The molecule has 0 saturated carbocycles. The molecule has 1 saturated heterocycles. The van der Waals surface area contributed by atoms with Crippen LogP contribution in [0.15, 0.2) is 48.2 Å². The van der Waals surface area contributed by atoms with Gasteiger partial charge < -0.3 is 15.0 Å². The first-order valence-electron chi connectivity index (χ1n) is 8.72. The van der Waals surface area contributed by atoms with Crippen molar-refractivity contribution in [2.24, 2.45) is 0 Å². The first-order chi connectivity index (χ1) is 13.3. The molecule has 0 bridgehead atoms. The van der Waals surface area contributed by atoms with Crippen molar-refractivity contribution >= 4 is 22.9 Å². The Morgan fingerprint density at radius 2 is 2.07 bits per heavy atom. The molecule has 3 aromatic rings. The molecule has 138 valence electrons. The van der Waals surface area contributed by atoms with E-state index in [2.05, 4.69) is 25.2 Å². The second-order valence-electron chi connectivity index (χ2n) is 6.03. The first kappa shape index (κ1) is 17.6. The van der Waals surface area contributed by atoms with Crippen LogP contribution in [0.4, 0.5) is 5.69 Å². The predicted octanol–water partition coefficient (Wildman–Crippen LogP) is 2.37. The van der Waals surface area contributed by atoms with Crippen LogP contribution >= 0.6 is 11.3 Å². The summed E-state index contributed by atoms with van der Waals surface area (Å²) in [6, 6.07) is 7.67. The summed E-state index contributed by atoms with van der Waals surface area (Å²) in [7, 11) is 0. The summed E-state index contributed by atoms with van der Waals surface area (Å²) in [5, 5.41) is 5.69. The Balaban J connectivity index is 1.44. The quantitative estimate of drug-likeness (QED) is 0.731. The number of amides is 1. The number of hydrogen-bond donors (Lipinski definition) is 1. The van der Waals surface area contributed by atoms with E-state index in [9.17, 15) is 4.79 Å². The van der Waals surface area contributed by atoms with E-state index in [1.54, 1.807) is 18.6 Å². The van der Waals surface area contributed by atoms with Gasteiger partial charge in [0.1, 0.15) is 10.7 Å². The minimum absolute atomic E-state index is 0.105. The zero-order chi connectivity index (χ0) is 18.5. The van der Waals surface area contributed by atoms with E-state index in [0.717, 1.165) is 35.2 Å². The van der Waals surface area contributed by atoms with Crippen molar-refractivity contribution in [1.29, 1.82) is 0 Å². The summed E-state index contributed by atoms with van der Waals surface area (Å²) < 4.78 is 5.41. The highest BCUT2D eigenvalue weighted by Crippen LogP contribution is 2.23. The lowest BCUT2D eigenvalue weighted by molar-refractivity contribution is 0.0949. The summed E-state index contributed by atoms with van der Waals surface area (Å²) >= 11 is 1.49. The summed E-state index contributed by atoms with van der Waals surface area (Å²) in [6.45, 7) is 3.31. The number of benzene rings is 1. The van der Waals surface area contributed by atoms with Crippen LogP contribution in [0, 0.1) is 0 Å². The van der Waals surface area contributed by atoms with Crippen LogP contribution < -0.4 is 10.2 Å². The van der Waals surface area contributed by atoms with Gasteiger partial charge in [-0.2, -0.15) is 0 Å². The summed E-state index contributed by atoms with van der Waals surface area (Å²) in [4.78, 5) is 27.8. The fourth-order valence-corrected chi connectivity index (χ4v) is 3.71. The normalized spacial score (nSPS) is 14.1. The van der Waals surface area contributed by atoms with E-state index in [4.69, 9.17) is 4.74 Å². The van der Waals surface area contributed by atoms with Gasteiger partial charge in [-0.15, -0.1) is 11.3 Å². The van der Waals surface area contributed by atoms with Gasteiger partial charge in [0, 0.05) is 36.6 Å². The Morgan fingerprint density at radius 3 is 2.89 bits per heavy atom. The maximum atomic E-state index is 12.7. The molecule has 1 fully saturated rings. The molecule has 0 unspecified atom stereocenters. The van der Waals surface area contributed by atoms with E-state index in [1.807, 2.05) is 29.6 Å². The van der Waals surface area contributed by atoms with Gasteiger partial charge >= 0.3 is 0 Å². The second-order valence-corrected chi connectivity index (χ2v) is 6.89. The second kappa shape index (κ2) is 8.24. The molecule has 0 atom stereocenters. The van der Waals surface area contributed by atoms with Crippen LogP contribution in [0.1, 0.15) is 16.1 Å². The third-order valence-electron chi connectivity index (χ3n) is 4.26. The van der Waals surface area contributed by atoms with Crippen molar-refractivity contribution in [3.05, 3.63) is 59.5 Å². The van der Waals surface area contributed by atoms with Crippen LogP contribution in [-0.4, -0.2) is 47.2 Å². The number of anilines is 1. The SMILES string of the molecule is O=C(NCc1csc(-c2cnccn2)n1)c1ccccc1N1CCOCC1. The van der Waals surface area contributed by atoms with Crippen molar-refractivity contribution in [2.45, 2.75) is 6.54 Å². The maximum absolute atomic E-state index is 12.7. The third-order valence-corrected chi connectivity index (χ3v) is 5.18. The van der Waals surface area contributed by atoms with Gasteiger partial charge in [0.05, 0.1) is 37.2 Å². The number of nitrogens with one attached hydrogen (secondary N) is 1. The largest absolute Gasteiger partial charge is 0.378 e. The van der Waals surface area contributed by atoms with Crippen molar-refractivity contribution in [1.82, 2.24) is 20.3 Å². The molecular weight excluding hydrogens is 362 g/mol. The lowest BCUT2D eigenvalue weighted by Gasteiger charge is -2.30. The van der Waals surface area contributed by atoms with E-state index in [1.165, 1.54) is 11.3 Å². The number of hydrogen-bond acceptors (Lipinski definition) is 7. The fourth-order valence-electron chi connectivity index (χ4n) is 2.93. The number of morpholine rings is 1. The molecule has 0 spiro atoms. The Bertz CT molecular complexity index is 909. The van der Waals surface area contributed by atoms with Crippen LogP contribution in [0.25, 0.3) is 10.7 Å². The number of aromatic nitrogens is 3. The van der Waals surface area contributed by atoms with Gasteiger partial charge in [0.15, 0.2) is 0 Å². The van der Waals surface area contributed by atoms with E-state index >= 15 is 0 Å². The number of nitrogens with zero attached hydrogens (tertiary/aromatic N) is 4. The highest BCUT2D eigenvalue weighted by Gasteiger charge is 2.18. The van der Waals surface area contributed by atoms with Crippen LogP contribution in [0.3, 0.4) is 0 Å². The van der Waals surface area contributed by atoms with E-state index < -0.39 is 0 Å². The highest BCUT2D eigenvalue weighted by molar-refractivity contribution is 7.13. The summed E-state index contributed by atoms with van der Waals surface area (Å²) in [5.41, 5.74) is 3.15. The molecule has 1 amide bonds.